The molecule has 0 bridgehead atoms. The molecule has 0 aliphatic carbocycles. The fourth-order valence-electron chi connectivity index (χ4n) is 1.77. The number of carbonyl (C=O) groups excluding carboxylic acids is 1. The van der Waals surface area contributed by atoms with E-state index in [1.807, 2.05) is 37.4 Å². The minimum absolute atomic E-state index is 0.152. The molecule has 0 saturated heterocycles. The van der Waals surface area contributed by atoms with Crippen molar-refractivity contribution in [2.45, 2.75) is 13.8 Å². The normalized spacial score (nSPS) is 10.6. The van der Waals surface area contributed by atoms with Crippen LogP contribution in [0.15, 0.2) is 29.8 Å². The van der Waals surface area contributed by atoms with Crippen LogP contribution in [0, 0.1) is 13.8 Å². The van der Waals surface area contributed by atoms with Gasteiger partial charge in [-0.3, -0.25) is 15.1 Å². The van der Waals surface area contributed by atoms with Crippen molar-refractivity contribution in [2.24, 2.45) is 0 Å². The first-order valence-electron chi connectivity index (χ1n) is 6.26. The highest BCUT2D eigenvalue weighted by molar-refractivity contribution is 7.18. The Labute approximate surface area is 129 Å². The van der Waals surface area contributed by atoms with Gasteiger partial charge in [0.2, 0.25) is 5.13 Å². The van der Waals surface area contributed by atoms with E-state index in [0.717, 1.165) is 16.1 Å². The molecule has 0 aliphatic rings. The van der Waals surface area contributed by atoms with Crippen LogP contribution in [0.3, 0.4) is 0 Å². The van der Waals surface area contributed by atoms with Crippen LogP contribution >= 0.6 is 22.7 Å². The molecule has 0 unspecified atom stereocenters. The van der Waals surface area contributed by atoms with Crippen molar-refractivity contribution >= 4 is 33.7 Å². The quantitative estimate of drug-likeness (QED) is 0.802. The Balaban J connectivity index is 1.79. The van der Waals surface area contributed by atoms with Crippen LogP contribution in [-0.2, 0) is 0 Å². The molecule has 3 heterocycles. The largest absolute Gasteiger partial charge is 0.296 e. The minimum atomic E-state index is -0.152. The van der Waals surface area contributed by atoms with Gasteiger partial charge in [-0.25, -0.2) is 0 Å². The Morgan fingerprint density at radius 2 is 2.10 bits per heavy atom. The summed E-state index contributed by atoms with van der Waals surface area (Å²) in [5.74, 6) is -0.152. The number of aryl methyl sites for hydroxylation is 1. The predicted octanol–water partition coefficient (Wildman–Crippen LogP) is 3.53. The van der Waals surface area contributed by atoms with Crippen LogP contribution in [-0.4, -0.2) is 21.1 Å². The Morgan fingerprint density at radius 1 is 1.24 bits per heavy atom. The smallest absolute Gasteiger partial charge is 0.258 e. The molecule has 5 nitrogen and oxygen atoms in total. The number of hydrogen-bond acceptors (Lipinski definition) is 6. The zero-order chi connectivity index (χ0) is 14.8. The third-order valence-corrected chi connectivity index (χ3v) is 4.93. The number of pyridine rings is 1. The zero-order valence-electron chi connectivity index (χ0n) is 11.5. The number of nitrogens with zero attached hydrogens (tertiary/aromatic N) is 3. The molecule has 3 rings (SSSR count). The second kappa shape index (κ2) is 5.71. The molecule has 0 aromatic carbocycles. The van der Waals surface area contributed by atoms with Crippen LogP contribution in [0.2, 0.25) is 0 Å². The fourth-order valence-corrected chi connectivity index (χ4v) is 3.35. The highest BCUT2D eigenvalue weighted by atomic mass is 32.1. The summed E-state index contributed by atoms with van der Waals surface area (Å²) < 4.78 is 0. The van der Waals surface area contributed by atoms with Gasteiger partial charge in [-0.1, -0.05) is 17.4 Å². The molecule has 3 aromatic rings. The van der Waals surface area contributed by atoms with Crippen molar-refractivity contribution < 1.29 is 4.79 Å². The summed E-state index contributed by atoms with van der Waals surface area (Å²) in [7, 11) is 0. The number of nitrogens with one attached hydrogen (secondary N) is 1. The maximum atomic E-state index is 12.2. The number of amides is 1. The van der Waals surface area contributed by atoms with Crippen LogP contribution in [0.4, 0.5) is 5.13 Å². The van der Waals surface area contributed by atoms with Gasteiger partial charge >= 0.3 is 0 Å². The molecule has 1 N–H and O–H groups in total. The van der Waals surface area contributed by atoms with Crippen LogP contribution in [0.1, 0.15) is 20.8 Å². The molecule has 0 atom stereocenters. The monoisotopic (exact) mass is 316 g/mol. The van der Waals surface area contributed by atoms with Crippen molar-refractivity contribution in [3.63, 3.8) is 0 Å². The average Bonchev–Trinajstić information content (AvgIpc) is 3.08. The molecule has 0 radical (unpaired) electrons. The van der Waals surface area contributed by atoms with Crippen molar-refractivity contribution in [1.82, 2.24) is 15.2 Å². The molecule has 21 heavy (non-hydrogen) atoms. The summed E-state index contributed by atoms with van der Waals surface area (Å²) in [6, 6.07) is 5.59. The van der Waals surface area contributed by atoms with Gasteiger partial charge in [0.15, 0.2) is 5.01 Å². The second-order valence-electron chi connectivity index (χ2n) is 4.41. The number of anilines is 1. The molecular formula is C14H12N4OS2. The van der Waals surface area contributed by atoms with E-state index < -0.39 is 0 Å². The van der Waals surface area contributed by atoms with Crippen LogP contribution in [0.25, 0.3) is 10.7 Å². The lowest BCUT2D eigenvalue weighted by atomic mass is 10.2. The van der Waals surface area contributed by atoms with Gasteiger partial charge in [0.05, 0.1) is 5.56 Å². The first-order valence-corrected chi connectivity index (χ1v) is 7.95. The molecule has 106 valence electrons. The van der Waals surface area contributed by atoms with E-state index in [9.17, 15) is 4.79 Å². The maximum absolute atomic E-state index is 12.2. The molecule has 0 aliphatic heterocycles. The van der Waals surface area contributed by atoms with Gasteiger partial charge in [-0.05, 0) is 31.5 Å². The topological polar surface area (TPSA) is 67.8 Å². The lowest BCUT2D eigenvalue weighted by molar-refractivity contribution is 0.102. The minimum Gasteiger partial charge on any atom is -0.296 e. The number of aromatic nitrogens is 3. The predicted molar refractivity (Wildman–Crippen MR) is 84.9 cm³/mol. The van der Waals surface area contributed by atoms with Gasteiger partial charge in [0.25, 0.3) is 5.91 Å². The van der Waals surface area contributed by atoms with Crippen molar-refractivity contribution in [3.8, 4) is 10.7 Å². The highest BCUT2D eigenvalue weighted by Gasteiger charge is 2.15. The number of thiophene rings is 1. The van der Waals surface area contributed by atoms with Gasteiger partial charge in [-0.15, -0.1) is 21.5 Å². The first-order chi connectivity index (χ1) is 10.1. The van der Waals surface area contributed by atoms with E-state index in [4.69, 9.17) is 0 Å². The standard InChI is InChI=1S/C14H12N4OS2/c1-8-9(2)20-7-10(8)12(19)16-14-18-17-13(21-14)11-5-3-4-6-15-11/h3-7H,1-2H3,(H,16,18,19). The summed E-state index contributed by atoms with van der Waals surface area (Å²) in [6.07, 6.45) is 1.70. The van der Waals surface area contributed by atoms with Gasteiger partial charge in [0.1, 0.15) is 5.69 Å². The van der Waals surface area contributed by atoms with E-state index in [1.165, 1.54) is 11.3 Å². The number of rotatable bonds is 3. The van der Waals surface area contributed by atoms with Crippen molar-refractivity contribution in [3.05, 3.63) is 45.8 Å². The molecule has 1 amide bonds. The Hall–Kier alpha value is -2.12. The Bertz CT molecular complexity index is 779. The molecule has 0 saturated carbocycles. The highest BCUT2D eigenvalue weighted by Crippen LogP contribution is 2.26. The lowest BCUT2D eigenvalue weighted by Crippen LogP contribution is -2.12. The molecule has 0 spiro atoms. The van der Waals surface area contributed by atoms with Gasteiger partial charge in [-0.2, -0.15) is 0 Å². The van der Waals surface area contributed by atoms with Gasteiger partial charge in [0, 0.05) is 16.5 Å². The molecule has 3 aromatic heterocycles. The first kappa shape index (κ1) is 13.8. The Kier molecular flexibility index (Phi) is 3.76. The van der Waals surface area contributed by atoms with E-state index in [-0.39, 0.29) is 5.91 Å². The van der Waals surface area contributed by atoms with Crippen molar-refractivity contribution in [2.75, 3.05) is 5.32 Å². The number of hydrogen-bond donors (Lipinski definition) is 1. The summed E-state index contributed by atoms with van der Waals surface area (Å²) >= 11 is 2.88. The summed E-state index contributed by atoms with van der Waals surface area (Å²) in [4.78, 5) is 17.6. The third-order valence-electron chi connectivity index (χ3n) is 3.06. The SMILES string of the molecule is Cc1scc(C(=O)Nc2nnc(-c3ccccn3)s2)c1C. The number of carbonyl (C=O) groups is 1. The second-order valence-corrected chi connectivity index (χ2v) is 6.47. The van der Waals surface area contributed by atoms with E-state index >= 15 is 0 Å². The van der Waals surface area contributed by atoms with E-state index in [2.05, 4.69) is 20.5 Å². The summed E-state index contributed by atoms with van der Waals surface area (Å²) in [5.41, 5.74) is 2.44. The van der Waals surface area contributed by atoms with Crippen LogP contribution in [0.5, 0.6) is 0 Å². The van der Waals surface area contributed by atoms with E-state index in [1.54, 1.807) is 17.5 Å². The zero-order valence-corrected chi connectivity index (χ0v) is 13.1. The van der Waals surface area contributed by atoms with E-state index in [0.29, 0.717) is 15.7 Å². The average molecular weight is 316 g/mol. The molecule has 7 heteroatoms. The lowest BCUT2D eigenvalue weighted by Gasteiger charge is -2.00. The maximum Gasteiger partial charge on any atom is 0.258 e. The fraction of sp³-hybridized carbons (Fsp3) is 0.143. The summed E-state index contributed by atoms with van der Waals surface area (Å²) in [5, 5.41) is 13.9. The summed E-state index contributed by atoms with van der Waals surface area (Å²) in [6.45, 7) is 3.95. The third kappa shape index (κ3) is 2.84. The molecular weight excluding hydrogens is 304 g/mol. The Morgan fingerprint density at radius 3 is 2.76 bits per heavy atom. The van der Waals surface area contributed by atoms with Crippen molar-refractivity contribution in [1.29, 1.82) is 0 Å². The molecule has 0 fully saturated rings. The van der Waals surface area contributed by atoms with Crippen LogP contribution < -0.4 is 5.32 Å². The van der Waals surface area contributed by atoms with Gasteiger partial charge < -0.3 is 0 Å².